The van der Waals surface area contributed by atoms with E-state index < -0.39 is 0 Å². The summed E-state index contributed by atoms with van der Waals surface area (Å²) in [6.45, 7) is 0. The maximum Gasteiger partial charge on any atom is 0.137 e. The molecule has 0 unspecified atom stereocenters. The highest BCUT2D eigenvalue weighted by Gasteiger charge is 2.12. The Bertz CT molecular complexity index is 1200. The molecule has 0 bridgehead atoms. The lowest BCUT2D eigenvalue weighted by Crippen LogP contribution is -1.82. The molecule has 0 aliphatic carbocycles. The van der Waals surface area contributed by atoms with Crippen molar-refractivity contribution in [2.45, 2.75) is 0 Å². The summed E-state index contributed by atoms with van der Waals surface area (Å²) in [6, 6.07) is 19.3. The number of nitriles is 1. The van der Waals surface area contributed by atoms with E-state index in [1.54, 1.807) is 48.5 Å². The van der Waals surface area contributed by atoms with E-state index in [9.17, 15) is 9.65 Å². The van der Waals surface area contributed by atoms with Crippen molar-refractivity contribution in [1.29, 1.82) is 5.26 Å². The first kappa shape index (κ1) is 18.2. The van der Waals surface area contributed by atoms with Gasteiger partial charge in [-0.15, -0.1) is 11.3 Å². The first-order chi connectivity index (χ1) is 13.6. The van der Waals surface area contributed by atoms with Gasteiger partial charge in [-0.05, 0) is 36.4 Å². The minimum absolute atomic E-state index is 0.361. The molecule has 2 aromatic carbocycles. The van der Waals surface area contributed by atoms with E-state index in [2.05, 4.69) is 11.1 Å². The van der Waals surface area contributed by atoms with Crippen LogP contribution in [0.25, 0.3) is 34.2 Å². The summed E-state index contributed by atoms with van der Waals surface area (Å²) in [5, 5.41) is 12.7. The van der Waals surface area contributed by atoms with Crippen LogP contribution in [0.2, 0.25) is 5.02 Å². The van der Waals surface area contributed by atoms with Crippen LogP contribution in [0.1, 0.15) is 10.8 Å². The molecule has 0 atom stereocenters. The molecule has 0 saturated heterocycles. The topological polar surface area (TPSA) is 49.8 Å². The van der Waals surface area contributed by atoms with E-state index in [0.717, 1.165) is 11.3 Å². The molecule has 2 heterocycles. The number of benzene rings is 2. The van der Waals surface area contributed by atoms with E-state index in [-0.39, 0.29) is 5.82 Å². The minimum atomic E-state index is -0.361. The van der Waals surface area contributed by atoms with Crippen LogP contribution in [-0.4, -0.2) is 4.98 Å². The summed E-state index contributed by atoms with van der Waals surface area (Å²) in [7, 11) is 0. The van der Waals surface area contributed by atoms with Gasteiger partial charge in [0.2, 0.25) is 0 Å². The number of thiazole rings is 1. The van der Waals surface area contributed by atoms with Crippen LogP contribution in [0.5, 0.6) is 0 Å². The Morgan fingerprint density at radius 3 is 2.64 bits per heavy atom. The number of hydrogen-bond acceptors (Lipinski definition) is 4. The normalized spacial score (nSPS) is 11.4. The van der Waals surface area contributed by atoms with Gasteiger partial charge < -0.3 is 4.42 Å². The van der Waals surface area contributed by atoms with Gasteiger partial charge in [0.05, 0.1) is 16.8 Å². The van der Waals surface area contributed by atoms with E-state index in [0.29, 0.717) is 32.7 Å². The molecule has 6 heteroatoms. The van der Waals surface area contributed by atoms with Crippen molar-refractivity contribution in [2.75, 3.05) is 0 Å². The molecule has 0 aliphatic heterocycles. The third-order valence-corrected chi connectivity index (χ3v) is 5.18. The number of halogens is 2. The molecule has 0 saturated carbocycles. The van der Waals surface area contributed by atoms with Crippen LogP contribution in [0.4, 0.5) is 4.39 Å². The van der Waals surface area contributed by atoms with Crippen molar-refractivity contribution in [1.82, 2.24) is 4.98 Å². The zero-order valence-corrected chi connectivity index (χ0v) is 16.0. The van der Waals surface area contributed by atoms with Crippen LogP contribution < -0.4 is 0 Å². The van der Waals surface area contributed by atoms with Crippen LogP contribution >= 0.6 is 22.9 Å². The van der Waals surface area contributed by atoms with Crippen molar-refractivity contribution in [3.05, 3.63) is 87.7 Å². The number of hydrogen-bond donors (Lipinski definition) is 0. The molecule has 0 radical (unpaired) electrons. The molecular formula is C22H12ClFN2OS. The minimum Gasteiger partial charge on any atom is -0.457 e. The number of nitrogens with zero attached hydrogens (tertiary/aromatic N) is 2. The lowest BCUT2D eigenvalue weighted by molar-refractivity contribution is 0.561. The quantitative estimate of drug-likeness (QED) is 0.345. The highest BCUT2D eigenvalue weighted by Crippen LogP contribution is 2.30. The monoisotopic (exact) mass is 406 g/mol. The molecule has 4 aromatic rings. The number of rotatable bonds is 4. The van der Waals surface area contributed by atoms with Crippen molar-refractivity contribution >= 4 is 34.6 Å². The Morgan fingerprint density at radius 2 is 1.89 bits per heavy atom. The van der Waals surface area contributed by atoms with Gasteiger partial charge in [0.25, 0.3) is 0 Å². The zero-order valence-electron chi connectivity index (χ0n) is 14.4. The Balaban J connectivity index is 1.63. The Hall–Kier alpha value is -3.20. The molecule has 4 rings (SSSR count). The Morgan fingerprint density at radius 1 is 1.11 bits per heavy atom. The van der Waals surface area contributed by atoms with Gasteiger partial charge in [-0.1, -0.05) is 35.9 Å². The van der Waals surface area contributed by atoms with Crippen LogP contribution in [-0.2, 0) is 0 Å². The maximum absolute atomic E-state index is 13.9. The van der Waals surface area contributed by atoms with E-state index in [4.69, 9.17) is 16.0 Å². The molecule has 0 N–H and O–H groups in total. The van der Waals surface area contributed by atoms with Crippen LogP contribution in [0.3, 0.4) is 0 Å². The van der Waals surface area contributed by atoms with Gasteiger partial charge in [-0.3, -0.25) is 0 Å². The van der Waals surface area contributed by atoms with E-state index in [1.807, 2.05) is 17.5 Å². The Labute approximate surface area is 170 Å². The average molecular weight is 407 g/mol. The molecular weight excluding hydrogens is 395 g/mol. The number of aromatic nitrogens is 1. The van der Waals surface area contributed by atoms with Gasteiger partial charge in [0, 0.05) is 22.0 Å². The van der Waals surface area contributed by atoms with Gasteiger partial charge in [0.15, 0.2) is 0 Å². The molecule has 0 amide bonds. The smallest absolute Gasteiger partial charge is 0.137 e. The number of furan rings is 1. The molecule has 2 aromatic heterocycles. The third kappa shape index (κ3) is 3.74. The largest absolute Gasteiger partial charge is 0.457 e. The molecule has 0 fully saturated rings. The van der Waals surface area contributed by atoms with Gasteiger partial charge in [-0.2, -0.15) is 5.26 Å². The summed E-state index contributed by atoms with van der Waals surface area (Å²) < 4.78 is 19.6. The highest BCUT2D eigenvalue weighted by atomic mass is 35.5. The molecule has 136 valence electrons. The maximum atomic E-state index is 13.9. The number of allylic oxidation sites excluding steroid dienone is 1. The predicted molar refractivity (Wildman–Crippen MR) is 110 cm³/mol. The second kappa shape index (κ2) is 7.81. The van der Waals surface area contributed by atoms with Gasteiger partial charge in [0.1, 0.15) is 28.4 Å². The highest BCUT2D eigenvalue weighted by molar-refractivity contribution is 7.11. The lowest BCUT2D eigenvalue weighted by Gasteiger charge is -1.98. The van der Waals surface area contributed by atoms with Crippen LogP contribution in [0.15, 0.2) is 70.5 Å². The summed E-state index contributed by atoms with van der Waals surface area (Å²) in [6.07, 6.45) is 1.61. The zero-order chi connectivity index (χ0) is 19.5. The fourth-order valence-corrected chi connectivity index (χ4v) is 3.59. The van der Waals surface area contributed by atoms with Crippen molar-refractivity contribution in [3.8, 4) is 28.7 Å². The molecule has 28 heavy (non-hydrogen) atoms. The third-order valence-electron chi connectivity index (χ3n) is 4.05. The molecule has 3 nitrogen and oxygen atoms in total. The molecule has 0 spiro atoms. The molecule has 0 aliphatic rings. The van der Waals surface area contributed by atoms with Crippen molar-refractivity contribution < 1.29 is 8.81 Å². The summed E-state index contributed by atoms with van der Waals surface area (Å²) in [4.78, 5) is 4.54. The van der Waals surface area contributed by atoms with Crippen molar-refractivity contribution in [3.63, 3.8) is 0 Å². The van der Waals surface area contributed by atoms with E-state index in [1.165, 1.54) is 17.4 Å². The first-order valence-corrected chi connectivity index (χ1v) is 9.58. The first-order valence-electron chi connectivity index (χ1n) is 8.32. The second-order valence-corrected chi connectivity index (χ2v) is 7.19. The summed E-state index contributed by atoms with van der Waals surface area (Å²) in [5.41, 5.74) is 2.44. The SMILES string of the molecule is N#C/C(=C\c1ccc(-c2ccccc2F)o1)c1nc(-c2ccc(Cl)cc2)cs1. The second-order valence-electron chi connectivity index (χ2n) is 5.90. The fraction of sp³-hybridized carbons (Fsp3) is 0. The standard InChI is InChI=1S/C22H12ClFN2OS/c23-16-7-5-14(6-8-16)20-13-28-22(26-20)15(12-25)11-17-9-10-21(27-17)18-3-1-2-4-19(18)24/h1-11,13H/b15-11+. The van der Waals surface area contributed by atoms with Gasteiger partial charge in [-0.25, -0.2) is 9.37 Å². The predicted octanol–water partition coefficient (Wildman–Crippen LogP) is 6.93. The fourth-order valence-electron chi connectivity index (χ4n) is 2.67. The lowest BCUT2D eigenvalue weighted by atomic mass is 10.1. The van der Waals surface area contributed by atoms with Gasteiger partial charge >= 0.3 is 0 Å². The van der Waals surface area contributed by atoms with Crippen molar-refractivity contribution in [2.24, 2.45) is 0 Å². The van der Waals surface area contributed by atoms with E-state index >= 15 is 0 Å². The Kier molecular flexibility index (Phi) is 5.07. The van der Waals surface area contributed by atoms with Crippen LogP contribution in [0, 0.1) is 17.1 Å². The summed E-state index contributed by atoms with van der Waals surface area (Å²) in [5.74, 6) is 0.501. The summed E-state index contributed by atoms with van der Waals surface area (Å²) >= 11 is 7.29. The average Bonchev–Trinajstić information content (AvgIpc) is 3.37.